The summed E-state index contributed by atoms with van der Waals surface area (Å²) >= 11 is 0. The molecule has 3 unspecified atom stereocenters. The summed E-state index contributed by atoms with van der Waals surface area (Å²) in [5, 5.41) is 2.89. The van der Waals surface area contributed by atoms with Gasteiger partial charge in [-0.2, -0.15) is 17.0 Å². The normalized spacial score (nSPS) is 30.6. The second-order valence-corrected chi connectivity index (χ2v) is 11.0. The number of benzene rings is 1. The minimum Gasteiger partial charge on any atom is -0.373 e. The van der Waals surface area contributed by atoms with Gasteiger partial charge in [0.15, 0.2) is 0 Å². The maximum absolute atomic E-state index is 13.3. The highest BCUT2D eigenvalue weighted by molar-refractivity contribution is 7.86. The largest absolute Gasteiger partial charge is 0.373 e. The van der Waals surface area contributed by atoms with Crippen molar-refractivity contribution in [3.05, 3.63) is 35.9 Å². The maximum Gasteiger partial charge on any atom is 0.326 e. The molecule has 1 N–H and O–H groups in total. The van der Waals surface area contributed by atoms with Crippen molar-refractivity contribution >= 4 is 22.1 Å². The van der Waals surface area contributed by atoms with Gasteiger partial charge in [-0.05, 0) is 25.8 Å². The molecule has 0 radical (unpaired) electrons. The molecule has 3 amide bonds. The smallest absolute Gasteiger partial charge is 0.326 e. The van der Waals surface area contributed by atoms with Crippen LogP contribution in [0.3, 0.4) is 0 Å². The van der Waals surface area contributed by atoms with Crippen molar-refractivity contribution in [2.24, 2.45) is 0 Å². The van der Waals surface area contributed by atoms with Gasteiger partial charge in [-0.15, -0.1) is 0 Å². The lowest BCUT2D eigenvalue weighted by atomic mass is 9.87. The van der Waals surface area contributed by atoms with Crippen LogP contribution in [0.15, 0.2) is 30.3 Å². The lowest BCUT2D eigenvalue weighted by molar-refractivity contribution is -0.133. The fraction of sp³-hybridized carbons (Fsp3) is 0.636. The van der Waals surface area contributed by atoms with E-state index in [0.717, 1.165) is 5.56 Å². The zero-order valence-electron chi connectivity index (χ0n) is 19.4. The van der Waals surface area contributed by atoms with Gasteiger partial charge >= 0.3 is 6.03 Å². The lowest BCUT2D eigenvalue weighted by Gasteiger charge is -2.40. The van der Waals surface area contributed by atoms with Crippen LogP contribution >= 0.6 is 0 Å². The van der Waals surface area contributed by atoms with Crippen molar-refractivity contribution in [2.75, 3.05) is 45.9 Å². The Morgan fingerprint density at radius 1 is 1.00 bits per heavy atom. The van der Waals surface area contributed by atoms with E-state index in [9.17, 15) is 18.0 Å². The van der Waals surface area contributed by atoms with Gasteiger partial charge in [0, 0.05) is 39.3 Å². The number of rotatable bonds is 6. The number of carbonyl (C=O) groups is 2. The second-order valence-electron chi connectivity index (χ2n) is 9.03. The van der Waals surface area contributed by atoms with Crippen molar-refractivity contribution in [1.82, 2.24) is 23.7 Å². The first kappa shape index (κ1) is 24.1. The number of hydrogen-bond acceptors (Lipinski definition) is 6. The monoisotopic (exact) mass is 479 g/mol. The Hall–Kier alpha value is -2.05. The molecule has 4 rings (SSSR count). The Balaban J connectivity index is 1.39. The van der Waals surface area contributed by atoms with Crippen LogP contribution < -0.4 is 5.32 Å². The van der Waals surface area contributed by atoms with Gasteiger partial charge in [0.05, 0.1) is 18.9 Å². The molecule has 1 aromatic carbocycles. The molecule has 10 nitrogen and oxygen atoms in total. The Labute approximate surface area is 195 Å². The summed E-state index contributed by atoms with van der Waals surface area (Å²) < 4.78 is 34.9. The molecular formula is C22H33N5O5S. The standard InChI is InChI=1S/C22H33N5O5S/c1-4-22(19-8-6-5-7-9-19)20(28)27(21(29)23-22)16-24-10-12-25(13-11-24)33(30,31)26-14-17(2)32-18(3)15-26/h5-9,17-18H,4,10-16H2,1-3H3,(H,23,29). The van der Waals surface area contributed by atoms with Gasteiger partial charge in [-0.25, -0.2) is 9.69 Å². The van der Waals surface area contributed by atoms with Gasteiger partial charge in [0.25, 0.3) is 16.1 Å². The zero-order valence-corrected chi connectivity index (χ0v) is 20.3. The van der Waals surface area contributed by atoms with Crippen molar-refractivity contribution in [2.45, 2.75) is 44.9 Å². The molecule has 3 aliphatic rings. The molecule has 3 heterocycles. The fourth-order valence-electron chi connectivity index (χ4n) is 4.90. The summed E-state index contributed by atoms with van der Waals surface area (Å²) in [6.07, 6.45) is 0.154. The van der Waals surface area contributed by atoms with E-state index in [1.165, 1.54) is 13.5 Å². The molecule has 3 atom stereocenters. The second kappa shape index (κ2) is 9.30. The van der Waals surface area contributed by atoms with Crippen molar-refractivity contribution < 1.29 is 22.7 Å². The van der Waals surface area contributed by atoms with E-state index in [2.05, 4.69) is 5.32 Å². The van der Waals surface area contributed by atoms with E-state index < -0.39 is 21.8 Å². The molecule has 3 aliphatic heterocycles. The molecule has 0 aromatic heterocycles. The van der Waals surface area contributed by atoms with E-state index in [1.807, 2.05) is 56.0 Å². The average Bonchev–Trinajstić information content (AvgIpc) is 3.04. The first-order chi connectivity index (χ1) is 15.7. The van der Waals surface area contributed by atoms with Crippen LogP contribution in [-0.4, -0.2) is 96.9 Å². The quantitative estimate of drug-likeness (QED) is 0.605. The molecule has 3 fully saturated rings. The Kier molecular flexibility index (Phi) is 6.79. The molecule has 0 aliphatic carbocycles. The van der Waals surface area contributed by atoms with E-state index in [4.69, 9.17) is 4.74 Å². The number of ether oxygens (including phenoxy) is 1. The summed E-state index contributed by atoms with van der Waals surface area (Å²) in [6, 6.07) is 8.86. The third-order valence-electron chi connectivity index (χ3n) is 6.68. The summed E-state index contributed by atoms with van der Waals surface area (Å²) in [5.41, 5.74) is -0.300. The van der Waals surface area contributed by atoms with Gasteiger partial charge in [0.1, 0.15) is 5.54 Å². The van der Waals surface area contributed by atoms with Crippen LogP contribution in [0.4, 0.5) is 4.79 Å². The number of imide groups is 1. The van der Waals surface area contributed by atoms with E-state index in [1.54, 1.807) is 0 Å². The lowest BCUT2D eigenvalue weighted by Crippen LogP contribution is -2.58. The molecule has 33 heavy (non-hydrogen) atoms. The Morgan fingerprint density at radius 3 is 2.18 bits per heavy atom. The minimum absolute atomic E-state index is 0.138. The zero-order chi connectivity index (χ0) is 23.8. The van der Waals surface area contributed by atoms with Crippen LogP contribution in [0.1, 0.15) is 32.8 Å². The SMILES string of the molecule is CCC1(c2ccccc2)NC(=O)N(CN2CCN(S(=O)(=O)N3CC(C)OC(C)C3)CC2)C1=O. The first-order valence-electron chi connectivity index (χ1n) is 11.5. The van der Waals surface area contributed by atoms with Gasteiger partial charge in [-0.3, -0.25) is 9.69 Å². The van der Waals surface area contributed by atoms with Gasteiger partial charge in [0.2, 0.25) is 0 Å². The third-order valence-corrected chi connectivity index (χ3v) is 8.65. The van der Waals surface area contributed by atoms with Crippen LogP contribution in [0, 0.1) is 0 Å². The number of hydrogen-bond donors (Lipinski definition) is 1. The van der Waals surface area contributed by atoms with Crippen LogP contribution in [-0.2, 0) is 25.3 Å². The Morgan fingerprint density at radius 2 is 1.61 bits per heavy atom. The van der Waals surface area contributed by atoms with Crippen LogP contribution in [0.2, 0.25) is 0 Å². The molecular weight excluding hydrogens is 446 g/mol. The average molecular weight is 480 g/mol. The summed E-state index contributed by atoms with van der Waals surface area (Å²) in [7, 11) is -3.58. The molecule has 182 valence electrons. The van der Waals surface area contributed by atoms with Crippen LogP contribution in [0.25, 0.3) is 0 Å². The predicted molar refractivity (Wildman–Crippen MR) is 122 cm³/mol. The van der Waals surface area contributed by atoms with Crippen LogP contribution in [0.5, 0.6) is 0 Å². The highest BCUT2D eigenvalue weighted by atomic mass is 32.2. The van der Waals surface area contributed by atoms with E-state index in [0.29, 0.717) is 45.7 Å². The highest BCUT2D eigenvalue weighted by Crippen LogP contribution is 2.32. The number of piperazine rings is 1. The molecule has 0 bridgehead atoms. The fourth-order valence-corrected chi connectivity index (χ4v) is 6.65. The number of carbonyl (C=O) groups excluding carboxylic acids is 2. The third kappa shape index (κ3) is 4.52. The molecule has 1 aromatic rings. The van der Waals surface area contributed by atoms with Crippen molar-refractivity contribution in [3.8, 4) is 0 Å². The molecule has 0 saturated carbocycles. The number of urea groups is 1. The molecule has 11 heteroatoms. The number of amides is 3. The topological polar surface area (TPSA) is 102 Å². The first-order valence-corrected chi connectivity index (χ1v) is 12.9. The molecule has 0 spiro atoms. The number of nitrogens with one attached hydrogen (secondary N) is 1. The number of morpholine rings is 1. The van der Waals surface area contributed by atoms with Gasteiger partial charge < -0.3 is 10.1 Å². The maximum atomic E-state index is 13.3. The number of nitrogens with zero attached hydrogens (tertiary/aromatic N) is 4. The van der Waals surface area contributed by atoms with Crippen molar-refractivity contribution in [1.29, 1.82) is 0 Å². The van der Waals surface area contributed by atoms with E-state index >= 15 is 0 Å². The van der Waals surface area contributed by atoms with Crippen molar-refractivity contribution in [3.63, 3.8) is 0 Å². The molecule has 3 saturated heterocycles. The Bertz CT molecular complexity index is 972. The van der Waals surface area contributed by atoms with Gasteiger partial charge in [-0.1, -0.05) is 37.3 Å². The summed E-state index contributed by atoms with van der Waals surface area (Å²) in [5.74, 6) is -0.271. The summed E-state index contributed by atoms with van der Waals surface area (Å²) in [4.78, 5) is 29.3. The predicted octanol–water partition coefficient (Wildman–Crippen LogP) is 0.773. The van der Waals surface area contributed by atoms with E-state index in [-0.39, 0.29) is 24.8 Å². The highest BCUT2D eigenvalue weighted by Gasteiger charge is 2.51. The minimum atomic E-state index is -3.58. The summed E-state index contributed by atoms with van der Waals surface area (Å²) in [6.45, 7) is 7.95.